The fourth-order valence-corrected chi connectivity index (χ4v) is 2.79. The van der Waals surface area contributed by atoms with Crippen LogP contribution in [0.15, 0.2) is 47.1 Å². The molecule has 3 aromatic heterocycles. The van der Waals surface area contributed by atoms with E-state index in [1.54, 1.807) is 10.6 Å². The van der Waals surface area contributed by atoms with Gasteiger partial charge in [-0.3, -0.25) is 9.20 Å². The molecule has 0 aliphatic rings. The average molecular weight is 320 g/mol. The van der Waals surface area contributed by atoms with Gasteiger partial charge in [0.1, 0.15) is 16.9 Å². The van der Waals surface area contributed by atoms with Gasteiger partial charge in [-0.15, -0.1) is 0 Å². The lowest BCUT2D eigenvalue weighted by Crippen LogP contribution is -2.23. The maximum Gasteiger partial charge on any atom is 0.269 e. The highest BCUT2D eigenvalue weighted by molar-refractivity contribution is 5.93. The van der Waals surface area contributed by atoms with Crippen LogP contribution in [0.1, 0.15) is 23.3 Å². The first-order valence-electron chi connectivity index (χ1n) is 7.78. The number of rotatable bonds is 3. The summed E-state index contributed by atoms with van der Waals surface area (Å²) in [7, 11) is 0. The molecule has 24 heavy (non-hydrogen) atoms. The molecule has 0 bridgehead atoms. The van der Waals surface area contributed by atoms with Crippen LogP contribution in [-0.2, 0) is 0 Å². The fourth-order valence-electron chi connectivity index (χ4n) is 2.79. The van der Waals surface area contributed by atoms with Crippen molar-refractivity contribution in [2.45, 2.75) is 13.8 Å². The number of oxazole rings is 1. The lowest BCUT2D eigenvalue weighted by molar-refractivity contribution is 0.0950. The van der Waals surface area contributed by atoms with E-state index in [-0.39, 0.29) is 5.91 Å². The Balaban J connectivity index is 1.83. The third-order valence-electron chi connectivity index (χ3n) is 3.90. The van der Waals surface area contributed by atoms with E-state index in [4.69, 9.17) is 4.42 Å². The number of aryl methyl sites for hydroxylation is 1. The number of aromatic nitrogens is 3. The normalized spacial score (nSPS) is 11.2. The summed E-state index contributed by atoms with van der Waals surface area (Å²) >= 11 is 0. The third-order valence-corrected chi connectivity index (χ3v) is 3.90. The Bertz CT molecular complexity index is 1060. The minimum atomic E-state index is -0.135. The molecule has 4 rings (SSSR count). The van der Waals surface area contributed by atoms with Crippen molar-refractivity contribution in [1.82, 2.24) is 19.7 Å². The van der Waals surface area contributed by atoms with Gasteiger partial charge in [-0.2, -0.15) is 0 Å². The summed E-state index contributed by atoms with van der Waals surface area (Å²) in [5.74, 6) is 0.510. The number of fused-ring (bicyclic) bond motifs is 2. The predicted octanol–water partition coefficient (Wildman–Crippen LogP) is 3.20. The lowest BCUT2D eigenvalue weighted by Gasteiger charge is -2.06. The van der Waals surface area contributed by atoms with Crippen molar-refractivity contribution in [3.63, 3.8) is 0 Å². The Kier molecular flexibility index (Phi) is 3.30. The molecule has 0 atom stereocenters. The summed E-state index contributed by atoms with van der Waals surface area (Å²) in [6, 6.07) is 9.76. The number of hydrogen-bond acceptors (Lipinski definition) is 4. The molecule has 0 saturated heterocycles. The van der Waals surface area contributed by atoms with Gasteiger partial charge >= 0.3 is 0 Å². The molecule has 0 aliphatic carbocycles. The van der Waals surface area contributed by atoms with Gasteiger partial charge < -0.3 is 9.73 Å². The van der Waals surface area contributed by atoms with Crippen molar-refractivity contribution in [2.24, 2.45) is 0 Å². The number of benzene rings is 1. The Labute approximate surface area is 138 Å². The van der Waals surface area contributed by atoms with Gasteiger partial charge in [0, 0.05) is 19.7 Å². The third kappa shape index (κ3) is 2.32. The van der Waals surface area contributed by atoms with Gasteiger partial charge in [0.15, 0.2) is 11.5 Å². The molecule has 1 aromatic carbocycles. The number of nitrogens with one attached hydrogen (secondary N) is 1. The van der Waals surface area contributed by atoms with Crippen LogP contribution in [0.2, 0.25) is 0 Å². The maximum absolute atomic E-state index is 12.2. The monoisotopic (exact) mass is 320 g/mol. The van der Waals surface area contributed by atoms with Crippen LogP contribution in [0.4, 0.5) is 0 Å². The number of pyridine rings is 1. The Morgan fingerprint density at radius 2 is 2.08 bits per heavy atom. The molecule has 6 nitrogen and oxygen atoms in total. The number of hydrogen-bond donors (Lipinski definition) is 1. The van der Waals surface area contributed by atoms with Crippen molar-refractivity contribution < 1.29 is 9.21 Å². The second-order valence-electron chi connectivity index (χ2n) is 5.56. The first kappa shape index (κ1) is 14.4. The molecule has 0 saturated carbocycles. The number of carbonyl (C=O) groups is 1. The topological polar surface area (TPSA) is 72.4 Å². The molecule has 0 unspecified atom stereocenters. The number of imidazole rings is 1. The molecular formula is C18H16N4O2. The van der Waals surface area contributed by atoms with Crippen molar-refractivity contribution in [3.8, 4) is 11.1 Å². The smallest absolute Gasteiger partial charge is 0.269 e. The minimum absolute atomic E-state index is 0.135. The second-order valence-corrected chi connectivity index (χ2v) is 5.56. The van der Waals surface area contributed by atoms with E-state index < -0.39 is 0 Å². The van der Waals surface area contributed by atoms with E-state index in [1.165, 1.54) is 0 Å². The molecule has 0 radical (unpaired) electrons. The van der Waals surface area contributed by atoms with E-state index in [0.717, 1.165) is 27.9 Å². The number of amides is 1. The number of carbonyl (C=O) groups excluding carboxylic acids is 1. The van der Waals surface area contributed by atoms with Crippen molar-refractivity contribution >= 4 is 22.7 Å². The molecule has 1 N–H and O–H groups in total. The molecule has 6 heteroatoms. The van der Waals surface area contributed by atoms with Crippen LogP contribution in [0.25, 0.3) is 27.9 Å². The minimum Gasteiger partial charge on any atom is -0.441 e. The molecule has 3 heterocycles. The fraction of sp³-hybridized carbons (Fsp3) is 0.167. The highest BCUT2D eigenvalue weighted by Crippen LogP contribution is 2.25. The summed E-state index contributed by atoms with van der Waals surface area (Å²) in [5.41, 5.74) is 4.83. The Morgan fingerprint density at radius 3 is 2.92 bits per heavy atom. The first-order valence-corrected chi connectivity index (χ1v) is 7.78. The van der Waals surface area contributed by atoms with Crippen LogP contribution < -0.4 is 5.32 Å². The summed E-state index contributed by atoms with van der Waals surface area (Å²) in [4.78, 5) is 20.8. The highest BCUT2D eigenvalue weighted by atomic mass is 16.3. The van der Waals surface area contributed by atoms with Crippen LogP contribution in [0.5, 0.6) is 0 Å². The van der Waals surface area contributed by atoms with Gasteiger partial charge in [-0.05, 0) is 42.3 Å². The molecule has 0 aliphatic heterocycles. The first-order chi connectivity index (χ1) is 11.7. The zero-order valence-electron chi connectivity index (χ0n) is 13.4. The summed E-state index contributed by atoms with van der Waals surface area (Å²) in [5, 5.41) is 2.80. The van der Waals surface area contributed by atoms with Crippen molar-refractivity contribution in [1.29, 1.82) is 0 Å². The van der Waals surface area contributed by atoms with E-state index in [0.29, 0.717) is 18.1 Å². The Hall–Kier alpha value is -3.15. The van der Waals surface area contributed by atoms with Gasteiger partial charge in [0.05, 0.1) is 6.20 Å². The van der Waals surface area contributed by atoms with E-state index >= 15 is 0 Å². The molecule has 0 fully saturated rings. The zero-order valence-corrected chi connectivity index (χ0v) is 13.4. The molecular weight excluding hydrogens is 304 g/mol. The average Bonchev–Trinajstić information content (AvgIpc) is 3.15. The van der Waals surface area contributed by atoms with E-state index in [9.17, 15) is 4.79 Å². The van der Waals surface area contributed by atoms with Gasteiger partial charge in [0.25, 0.3) is 5.91 Å². The molecule has 4 aromatic rings. The summed E-state index contributed by atoms with van der Waals surface area (Å²) in [6.45, 7) is 4.30. The molecule has 0 spiro atoms. The quantitative estimate of drug-likeness (QED) is 0.629. The van der Waals surface area contributed by atoms with Crippen LogP contribution in [0.3, 0.4) is 0 Å². The molecule has 120 valence electrons. The largest absolute Gasteiger partial charge is 0.441 e. The van der Waals surface area contributed by atoms with Gasteiger partial charge in [0.2, 0.25) is 0 Å². The van der Waals surface area contributed by atoms with Crippen molar-refractivity contribution in [2.75, 3.05) is 6.54 Å². The SMILES string of the molecule is CCNC(=O)c1cnc2ccc(-c3ccc4oc(C)nc4c3)cn12. The van der Waals surface area contributed by atoms with Gasteiger partial charge in [-0.1, -0.05) is 6.07 Å². The van der Waals surface area contributed by atoms with Crippen LogP contribution in [0, 0.1) is 6.92 Å². The summed E-state index contributed by atoms with van der Waals surface area (Å²) in [6.07, 6.45) is 3.51. The van der Waals surface area contributed by atoms with Crippen LogP contribution >= 0.6 is 0 Å². The lowest BCUT2D eigenvalue weighted by atomic mass is 10.1. The van der Waals surface area contributed by atoms with E-state index in [2.05, 4.69) is 15.3 Å². The van der Waals surface area contributed by atoms with Gasteiger partial charge in [-0.25, -0.2) is 9.97 Å². The molecule has 1 amide bonds. The van der Waals surface area contributed by atoms with E-state index in [1.807, 2.05) is 50.4 Å². The Morgan fingerprint density at radius 1 is 1.25 bits per heavy atom. The second kappa shape index (κ2) is 5.49. The number of nitrogens with zero attached hydrogens (tertiary/aromatic N) is 3. The van der Waals surface area contributed by atoms with Crippen molar-refractivity contribution in [3.05, 3.63) is 54.3 Å². The van der Waals surface area contributed by atoms with Crippen LogP contribution in [-0.4, -0.2) is 26.8 Å². The summed E-state index contributed by atoms with van der Waals surface area (Å²) < 4.78 is 7.32. The zero-order chi connectivity index (χ0) is 16.7. The standard InChI is InChI=1S/C18H16N4O2/c1-3-19-18(23)15-9-20-17-7-5-13(10-22(15)17)12-4-6-16-14(8-12)21-11(2)24-16/h4-10H,3H2,1-2H3,(H,19,23). The maximum atomic E-state index is 12.2. The highest BCUT2D eigenvalue weighted by Gasteiger charge is 2.12. The predicted molar refractivity (Wildman–Crippen MR) is 90.9 cm³/mol.